The second-order valence-electron chi connectivity index (χ2n) is 9.63. The molecule has 2 aromatic carbocycles. The van der Waals surface area contributed by atoms with Crippen LogP contribution in [0.25, 0.3) is 17.0 Å². The Morgan fingerprint density at radius 1 is 0.971 bits per heavy atom. The number of quaternary nitrogens is 1. The molecule has 0 spiro atoms. The van der Waals surface area contributed by atoms with Crippen LogP contribution in [0.15, 0.2) is 70.7 Å². The number of nitrogens with zero attached hydrogens (tertiary/aromatic N) is 4. The minimum absolute atomic E-state index is 0. The van der Waals surface area contributed by atoms with Crippen LogP contribution in [-0.2, 0) is 6.54 Å². The number of benzene rings is 2. The molecule has 0 fully saturated rings. The lowest BCUT2D eigenvalue weighted by Gasteiger charge is -2.30. The summed E-state index contributed by atoms with van der Waals surface area (Å²) in [5, 5.41) is 2.59. The van der Waals surface area contributed by atoms with Gasteiger partial charge in [-0.15, -0.1) is 0 Å². The SMILES string of the molecule is CN(C)CC[N+](C)(C)CCC[n+]1ccc(C=C2Sc3ccccc3N2C)c2ccccc21.[I-].[I-]. The average molecular weight is 702 g/mol. The lowest BCUT2D eigenvalue weighted by Crippen LogP contribution is -3.00. The van der Waals surface area contributed by atoms with E-state index in [0.29, 0.717) is 0 Å². The highest BCUT2D eigenvalue weighted by molar-refractivity contribution is 8.03. The molecule has 0 amide bonds. The van der Waals surface area contributed by atoms with Crippen molar-refractivity contribution in [3.05, 3.63) is 71.4 Å². The molecule has 0 saturated heterocycles. The zero-order valence-corrected chi connectivity index (χ0v) is 26.0. The Bertz CT molecular complexity index is 1130. The molecule has 4 nitrogen and oxygen atoms in total. The molecular weight excluding hydrogens is 666 g/mol. The number of hydrogen-bond donors (Lipinski definition) is 0. The van der Waals surface area contributed by atoms with Gasteiger partial charge in [-0.05, 0) is 43.9 Å². The first-order valence-electron chi connectivity index (χ1n) is 11.4. The van der Waals surface area contributed by atoms with Crippen molar-refractivity contribution in [1.82, 2.24) is 4.90 Å². The summed E-state index contributed by atoms with van der Waals surface area (Å²) in [6.07, 6.45) is 5.77. The number of hydrogen-bond acceptors (Lipinski definition) is 3. The van der Waals surface area contributed by atoms with E-state index < -0.39 is 0 Å². The topological polar surface area (TPSA) is 10.4 Å². The van der Waals surface area contributed by atoms with Gasteiger partial charge in [0.05, 0.1) is 49.7 Å². The number of aryl methyl sites for hydroxylation is 1. The first-order valence-corrected chi connectivity index (χ1v) is 12.3. The van der Waals surface area contributed by atoms with Crippen LogP contribution in [0.5, 0.6) is 0 Å². The lowest BCUT2D eigenvalue weighted by atomic mass is 10.1. The van der Waals surface area contributed by atoms with Crippen LogP contribution >= 0.6 is 11.8 Å². The molecule has 0 atom stereocenters. The van der Waals surface area contributed by atoms with Gasteiger partial charge in [-0.1, -0.05) is 36.0 Å². The second kappa shape index (κ2) is 12.9. The van der Waals surface area contributed by atoms with Crippen LogP contribution < -0.4 is 57.4 Å². The van der Waals surface area contributed by atoms with E-state index in [2.05, 4.69) is 116 Å². The van der Waals surface area contributed by atoms with E-state index in [0.717, 1.165) is 17.6 Å². The van der Waals surface area contributed by atoms with Crippen molar-refractivity contribution >= 4 is 34.4 Å². The molecule has 1 aromatic heterocycles. The Morgan fingerprint density at radius 3 is 2.41 bits per heavy atom. The molecule has 0 bridgehead atoms. The smallest absolute Gasteiger partial charge is 0.213 e. The zero-order valence-electron chi connectivity index (χ0n) is 20.8. The van der Waals surface area contributed by atoms with Crippen molar-refractivity contribution in [2.45, 2.75) is 17.9 Å². The minimum Gasteiger partial charge on any atom is -1.00 e. The third kappa shape index (κ3) is 7.09. The third-order valence-corrected chi connectivity index (χ3v) is 7.49. The van der Waals surface area contributed by atoms with Crippen molar-refractivity contribution in [3.63, 3.8) is 0 Å². The molecule has 7 heteroatoms. The van der Waals surface area contributed by atoms with E-state index >= 15 is 0 Å². The number of likely N-dealkylation sites (N-methyl/N-ethyl adjacent to an activating group) is 2. The molecule has 4 rings (SSSR count). The molecule has 0 aliphatic carbocycles. The van der Waals surface area contributed by atoms with Gasteiger partial charge in [0.1, 0.15) is 0 Å². The summed E-state index contributed by atoms with van der Waals surface area (Å²) >= 11 is 1.85. The van der Waals surface area contributed by atoms with Gasteiger partial charge in [-0.25, -0.2) is 0 Å². The molecule has 0 unspecified atom stereocenters. The predicted octanol–water partition coefficient (Wildman–Crippen LogP) is -1.30. The van der Waals surface area contributed by atoms with Crippen LogP contribution in [0.3, 0.4) is 0 Å². The highest BCUT2D eigenvalue weighted by atomic mass is 127. The normalized spacial score (nSPS) is 14.3. The lowest BCUT2D eigenvalue weighted by molar-refractivity contribution is -0.892. The maximum atomic E-state index is 2.42. The van der Waals surface area contributed by atoms with Gasteiger partial charge in [0, 0.05) is 30.6 Å². The fraction of sp³-hybridized carbons (Fsp3) is 0.370. The quantitative estimate of drug-likeness (QED) is 0.165. The summed E-state index contributed by atoms with van der Waals surface area (Å²) in [4.78, 5) is 5.89. The zero-order chi connectivity index (χ0) is 22.7. The summed E-state index contributed by atoms with van der Waals surface area (Å²) in [5.74, 6) is 0. The number of halogens is 2. The van der Waals surface area contributed by atoms with Gasteiger partial charge in [0.2, 0.25) is 5.52 Å². The van der Waals surface area contributed by atoms with E-state index in [1.165, 1.54) is 51.6 Å². The van der Waals surface area contributed by atoms with Crippen LogP contribution in [0.1, 0.15) is 12.0 Å². The number of anilines is 1. The molecular formula is C27H36I2N4S. The summed E-state index contributed by atoms with van der Waals surface area (Å²) in [6.45, 7) is 4.53. The fourth-order valence-electron chi connectivity index (χ4n) is 4.26. The van der Waals surface area contributed by atoms with Gasteiger partial charge >= 0.3 is 0 Å². The molecule has 1 aliphatic heterocycles. The van der Waals surface area contributed by atoms with E-state index in [9.17, 15) is 0 Å². The molecule has 2 heterocycles. The molecule has 1 aliphatic rings. The predicted molar refractivity (Wildman–Crippen MR) is 138 cm³/mol. The van der Waals surface area contributed by atoms with Crippen molar-refractivity contribution in [3.8, 4) is 0 Å². The summed E-state index contributed by atoms with van der Waals surface area (Å²) in [6, 6.07) is 19.7. The number of aromatic nitrogens is 1. The van der Waals surface area contributed by atoms with E-state index in [1.807, 2.05) is 11.8 Å². The molecule has 0 radical (unpaired) electrons. The highest BCUT2D eigenvalue weighted by Gasteiger charge is 2.22. The first kappa shape index (κ1) is 29.4. The van der Waals surface area contributed by atoms with Gasteiger partial charge in [0.15, 0.2) is 12.7 Å². The number of pyridine rings is 1. The number of rotatable bonds is 8. The Balaban J connectivity index is 0.00000204. The van der Waals surface area contributed by atoms with Crippen molar-refractivity contribution in [2.24, 2.45) is 0 Å². The molecule has 3 aromatic rings. The van der Waals surface area contributed by atoms with E-state index in [1.54, 1.807) is 0 Å². The van der Waals surface area contributed by atoms with Crippen LogP contribution in [0.4, 0.5) is 5.69 Å². The first-order chi connectivity index (χ1) is 15.3. The van der Waals surface area contributed by atoms with Crippen LogP contribution in [-0.4, -0.2) is 64.3 Å². The Hall–Kier alpha value is -0.880. The van der Waals surface area contributed by atoms with E-state index in [-0.39, 0.29) is 48.0 Å². The Kier molecular flexibility index (Phi) is 11.1. The molecule has 184 valence electrons. The standard InChI is InChI=1S/C27H36N4S.2HI/c1-28(2)18-20-31(4,5)19-10-16-30-17-15-22(23-11-6-7-12-24(23)30)21-27-29(3)25-13-8-9-14-26(25)32-27;;/h6-9,11-15,17,21H,10,16,18-20H2,1-5H3;2*1H/q+2;;/p-2. The van der Waals surface area contributed by atoms with Crippen molar-refractivity contribution < 1.29 is 57.0 Å². The van der Waals surface area contributed by atoms with Crippen LogP contribution in [0, 0.1) is 0 Å². The largest absolute Gasteiger partial charge is 1.00 e. The summed E-state index contributed by atoms with van der Waals surface area (Å²) in [7, 11) is 11.1. The fourth-order valence-corrected chi connectivity index (χ4v) is 5.36. The number of fused-ring (bicyclic) bond motifs is 2. The molecule has 34 heavy (non-hydrogen) atoms. The van der Waals surface area contributed by atoms with E-state index in [4.69, 9.17) is 0 Å². The maximum absolute atomic E-state index is 2.42. The van der Waals surface area contributed by atoms with Gasteiger partial charge < -0.3 is 62.2 Å². The Labute approximate surface area is 243 Å². The Morgan fingerprint density at radius 2 is 1.68 bits per heavy atom. The molecule has 0 N–H and O–H groups in total. The second-order valence-corrected chi connectivity index (χ2v) is 10.7. The van der Waals surface area contributed by atoms with Gasteiger partial charge in [-0.3, -0.25) is 0 Å². The minimum atomic E-state index is 0. The maximum Gasteiger partial charge on any atom is 0.213 e. The number of thioether (sulfide) groups is 1. The summed E-state index contributed by atoms with van der Waals surface area (Å²) in [5.41, 5.74) is 3.87. The van der Waals surface area contributed by atoms with Crippen molar-refractivity contribution in [1.29, 1.82) is 0 Å². The van der Waals surface area contributed by atoms with Gasteiger partial charge in [0.25, 0.3) is 0 Å². The average Bonchev–Trinajstić information content (AvgIpc) is 3.09. The monoisotopic (exact) mass is 702 g/mol. The third-order valence-electron chi connectivity index (χ3n) is 6.32. The van der Waals surface area contributed by atoms with Crippen LogP contribution in [0.2, 0.25) is 0 Å². The highest BCUT2D eigenvalue weighted by Crippen LogP contribution is 2.45. The van der Waals surface area contributed by atoms with Crippen molar-refractivity contribution in [2.75, 3.05) is 59.8 Å². The van der Waals surface area contributed by atoms with Gasteiger partial charge in [-0.2, -0.15) is 4.57 Å². The summed E-state index contributed by atoms with van der Waals surface area (Å²) < 4.78 is 3.48. The number of para-hydroxylation sites is 2. The molecule has 0 saturated carbocycles.